The lowest BCUT2D eigenvalue weighted by Crippen LogP contribution is -2.32. The molecule has 6 nitrogen and oxygen atoms in total. The summed E-state index contributed by atoms with van der Waals surface area (Å²) in [5.74, 6) is -0.341. The van der Waals surface area contributed by atoms with Crippen LogP contribution >= 0.6 is 11.8 Å². The Labute approximate surface area is 173 Å². The molecule has 0 radical (unpaired) electrons. The fraction of sp³-hybridized carbons (Fsp3) is 0.905. The molecule has 1 rings (SSSR count). The van der Waals surface area contributed by atoms with Crippen molar-refractivity contribution in [3.63, 3.8) is 0 Å². The molecule has 0 amide bonds. The van der Waals surface area contributed by atoms with Crippen LogP contribution in [-0.4, -0.2) is 62.5 Å². The van der Waals surface area contributed by atoms with E-state index in [1.807, 2.05) is 13.8 Å². The Hall–Kier alpha value is -0.630. The van der Waals surface area contributed by atoms with Gasteiger partial charge in [0.15, 0.2) is 0 Å². The highest BCUT2D eigenvalue weighted by Gasteiger charge is 2.42. The van der Waals surface area contributed by atoms with Gasteiger partial charge in [-0.25, -0.2) is 0 Å². The number of thioether (sulfide) groups is 1. The van der Waals surface area contributed by atoms with Crippen molar-refractivity contribution in [1.29, 1.82) is 0 Å². The number of ketones is 1. The van der Waals surface area contributed by atoms with E-state index in [4.69, 9.17) is 9.84 Å². The zero-order valence-corrected chi connectivity index (χ0v) is 18.4. The van der Waals surface area contributed by atoms with Gasteiger partial charge in [0.1, 0.15) is 5.78 Å². The summed E-state index contributed by atoms with van der Waals surface area (Å²) in [5.41, 5.74) is -0.849. The highest BCUT2D eigenvalue weighted by molar-refractivity contribution is 8.00. The molecule has 1 fully saturated rings. The second kappa shape index (κ2) is 12.8. The van der Waals surface area contributed by atoms with Crippen molar-refractivity contribution in [2.75, 3.05) is 12.4 Å². The van der Waals surface area contributed by atoms with E-state index in [0.717, 1.165) is 32.1 Å². The first-order valence-corrected chi connectivity index (χ1v) is 11.6. The van der Waals surface area contributed by atoms with Crippen LogP contribution in [0.3, 0.4) is 0 Å². The Balaban J connectivity index is 2.37. The summed E-state index contributed by atoms with van der Waals surface area (Å²) in [6.07, 6.45) is 5.33. The maximum Gasteiger partial charge on any atom is 0.303 e. The summed E-state index contributed by atoms with van der Waals surface area (Å²) in [6.45, 7) is 6.39. The van der Waals surface area contributed by atoms with Gasteiger partial charge in [-0.15, -0.1) is 0 Å². The van der Waals surface area contributed by atoms with Crippen LogP contribution in [0.5, 0.6) is 0 Å². The molecule has 1 saturated carbocycles. The smallest absolute Gasteiger partial charge is 0.303 e. The summed E-state index contributed by atoms with van der Waals surface area (Å²) in [6, 6.07) is 0. The van der Waals surface area contributed by atoms with Gasteiger partial charge in [-0.3, -0.25) is 9.59 Å². The second-order valence-corrected chi connectivity index (χ2v) is 9.65. The van der Waals surface area contributed by atoms with E-state index in [1.54, 1.807) is 6.92 Å². The van der Waals surface area contributed by atoms with Crippen molar-refractivity contribution in [2.45, 2.75) is 102 Å². The van der Waals surface area contributed by atoms with Crippen LogP contribution in [0.25, 0.3) is 0 Å². The standard InChI is InChI=1S/C21H38O6S/c1-15(2)27-12-8-11-21(3,26)14-28-20-16(17(22)13-18(20)23)9-6-4-5-7-10-19(24)25/h15-16,18,20,23,26H,4-14H2,1-3H3,(H,24,25)/t16-,18?,20+,21?/m0/s1. The fourth-order valence-corrected chi connectivity index (χ4v) is 5.13. The average molecular weight is 419 g/mol. The lowest BCUT2D eigenvalue weighted by molar-refractivity contribution is -0.137. The number of ether oxygens (including phenoxy) is 1. The monoisotopic (exact) mass is 418 g/mol. The van der Waals surface area contributed by atoms with Crippen molar-refractivity contribution in [3.05, 3.63) is 0 Å². The van der Waals surface area contributed by atoms with Gasteiger partial charge in [0.05, 0.1) is 17.8 Å². The van der Waals surface area contributed by atoms with Gasteiger partial charge in [-0.05, 0) is 46.5 Å². The molecule has 1 aliphatic rings. The Kier molecular flexibility index (Phi) is 11.6. The Bertz CT molecular complexity index is 480. The predicted octanol–water partition coefficient (Wildman–Crippen LogP) is 3.42. The normalized spacial score (nSPS) is 24.6. The molecular weight excluding hydrogens is 380 g/mol. The van der Waals surface area contributed by atoms with E-state index < -0.39 is 17.7 Å². The number of hydrogen-bond acceptors (Lipinski definition) is 6. The van der Waals surface area contributed by atoms with Gasteiger partial charge in [-0.2, -0.15) is 11.8 Å². The van der Waals surface area contributed by atoms with Crippen molar-refractivity contribution in [1.82, 2.24) is 0 Å². The van der Waals surface area contributed by atoms with Crippen LogP contribution in [0.1, 0.15) is 78.6 Å². The van der Waals surface area contributed by atoms with Gasteiger partial charge < -0.3 is 20.1 Å². The summed E-state index contributed by atoms with van der Waals surface area (Å²) >= 11 is 1.51. The van der Waals surface area contributed by atoms with E-state index in [9.17, 15) is 19.8 Å². The molecule has 0 aromatic carbocycles. The van der Waals surface area contributed by atoms with E-state index in [2.05, 4.69) is 0 Å². The molecule has 2 unspecified atom stereocenters. The van der Waals surface area contributed by atoms with E-state index in [1.165, 1.54) is 11.8 Å². The third kappa shape index (κ3) is 10.2. The molecule has 1 aliphatic carbocycles. The molecule has 0 spiro atoms. The number of unbranched alkanes of at least 4 members (excludes halogenated alkanes) is 3. The highest BCUT2D eigenvalue weighted by Crippen LogP contribution is 2.38. The van der Waals surface area contributed by atoms with Crippen molar-refractivity contribution >= 4 is 23.5 Å². The molecular formula is C21H38O6S. The van der Waals surface area contributed by atoms with Crippen LogP contribution in [0.15, 0.2) is 0 Å². The third-order valence-electron chi connectivity index (χ3n) is 5.15. The lowest BCUT2D eigenvalue weighted by atomic mass is 9.98. The Morgan fingerprint density at radius 1 is 1.25 bits per heavy atom. The first-order valence-electron chi connectivity index (χ1n) is 10.5. The van der Waals surface area contributed by atoms with E-state index >= 15 is 0 Å². The van der Waals surface area contributed by atoms with Gasteiger partial charge in [0, 0.05) is 36.4 Å². The molecule has 0 bridgehead atoms. The van der Waals surface area contributed by atoms with Crippen molar-refractivity contribution < 1.29 is 29.6 Å². The number of carbonyl (C=O) groups excluding carboxylic acids is 1. The Morgan fingerprint density at radius 2 is 1.93 bits per heavy atom. The number of carboxylic acid groups (broad SMARTS) is 1. The summed E-state index contributed by atoms with van der Waals surface area (Å²) in [4.78, 5) is 22.8. The average Bonchev–Trinajstić information content (AvgIpc) is 2.86. The van der Waals surface area contributed by atoms with Crippen LogP contribution in [-0.2, 0) is 14.3 Å². The number of carboxylic acids is 1. The molecule has 4 atom stereocenters. The number of carbonyl (C=O) groups is 2. The summed E-state index contributed by atoms with van der Waals surface area (Å²) in [7, 11) is 0. The predicted molar refractivity (Wildman–Crippen MR) is 112 cm³/mol. The van der Waals surface area contributed by atoms with Crippen LogP contribution in [0.2, 0.25) is 0 Å². The third-order valence-corrected chi connectivity index (χ3v) is 6.97. The molecule has 0 saturated heterocycles. The minimum absolute atomic E-state index is 0.112. The van der Waals surface area contributed by atoms with E-state index in [0.29, 0.717) is 25.2 Å². The van der Waals surface area contributed by atoms with Crippen LogP contribution < -0.4 is 0 Å². The summed E-state index contributed by atoms with van der Waals surface area (Å²) < 4.78 is 5.51. The lowest BCUT2D eigenvalue weighted by Gasteiger charge is -2.27. The molecule has 0 aromatic rings. The second-order valence-electron chi connectivity index (χ2n) is 8.49. The number of hydrogen-bond donors (Lipinski definition) is 3. The first kappa shape index (κ1) is 25.4. The topological polar surface area (TPSA) is 104 Å². The van der Waals surface area contributed by atoms with Gasteiger partial charge >= 0.3 is 5.97 Å². The molecule has 7 heteroatoms. The van der Waals surface area contributed by atoms with Crippen LogP contribution in [0.4, 0.5) is 0 Å². The maximum atomic E-state index is 12.3. The molecule has 0 aromatic heterocycles. The first-order chi connectivity index (χ1) is 13.1. The zero-order chi connectivity index (χ0) is 21.2. The number of rotatable bonds is 15. The van der Waals surface area contributed by atoms with Crippen LogP contribution in [0, 0.1) is 5.92 Å². The molecule has 28 heavy (non-hydrogen) atoms. The minimum Gasteiger partial charge on any atom is -0.481 e. The molecule has 0 aliphatic heterocycles. The number of aliphatic hydroxyl groups is 2. The largest absolute Gasteiger partial charge is 0.481 e. The molecule has 164 valence electrons. The van der Waals surface area contributed by atoms with Crippen molar-refractivity contribution in [2.24, 2.45) is 5.92 Å². The SMILES string of the molecule is CC(C)OCCCC(C)(O)CS[C@H]1C(O)CC(=O)[C@@H]1CCCCCCC(=O)O. The van der Waals surface area contributed by atoms with Gasteiger partial charge in [-0.1, -0.05) is 19.3 Å². The van der Waals surface area contributed by atoms with Gasteiger partial charge in [0.25, 0.3) is 0 Å². The number of Topliss-reactive ketones (excluding diaryl/α,β-unsaturated/α-hetero) is 1. The van der Waals surface area contributed by atoms with Crippen molar-refractivity contribution in [3.8, 4) is 0 Å². The molecule has 3 N–H and O–H groups in total. The quantitative estimate of drug-likeness (QED) is 0.350. The number of aliphatic hydroxyl groups excluding tert-OH is 1. The highest BCUT2D eigenvalue weighted by atomic mass is 32.2. The summed E-state index contributed by atoms with van der Waals surface area (Å²) in [5, 5.41) is 29.4. The molecule has 0 heterocycles. The minimum atomic E-state index is -0.849. The zero-order valence-electron chi connectivity index (χ0n) is 17.6. The fourth-order valence-electron chi connectivity index (χ4n) is 3.59. The van der Waals surface area contributed by atoms with E-state index in [-0.39, 0.29) is 35.9 Å². The number of aliphatic carboxylic acids is 1. The van der Waals surface area contributed by atoms with Gasteiger partial charge in [0.2, 0.25) is 0 Å². The maximum absolute atomic E-state index is 12.3. The Morgan fingerprint density at radius 3 is 2.57 bits per heavy atom.